The lowest BCUT2D eigenvalue weighted by Gasteiger charge is -2.20. The Labute approximate surface area is 173 Å². The molecule has 0 amide bonds. The van der Waals surface area contributed by atoms with E-state index in [-0.39, 0.29) is 17.3 Å². The first-order valence-corrected chi connectivity index (χ1v) is 11.0. The molecule has 0 saturated carbocycles. The summed E-state index contributed by atoms with van der Waals surface area (Å²) < 4.78 is 1.34. The predicted molar refractivity (Wildman–Crippen MR) is 114 cm³/mol. The van der Waals surface area contributed by atoms with E-state index in [1.54, 1.807) is 11.3 Å². The van der Waals surface area contributed by atoms with Crippen molar-refractivity contribution in [3.8, 4) is 12.1 Å². The molecule has 1 aliphatic heterocycles. The van der Waals surface area contributed by atoms with Gasteiger partial charge in [0.2, 0.25) is 0 Å². The van der Waals surface area contributed by atoms with Gasteiger partial charge in [-0.25, -0.2) is 0 Å². The number of carbonyl (C=O) groups is 1. The number of nitrogens with two attached hydrogens (primary N) is 1. The Morgan fingerprint density at radius 1 is 1.14 bits per heavy atom. The number of thiophene rings is 2. The topological polar surface area (TPSA) is 95.6 Å². The van der Waals surface area contributed by atoms with Gasteiger partial charge < -0.3 is 5.73 Å². The van der Waals surface area contributed by atoms with Crippen LogP contribution in [0.3, 0.4) is 0 Å². The van der Waals surface area contributed by atoms with Crippen LogP contribution in [0.5, 0.6) is 0 Å². The molecule has 1 aliphatic rings. The molecule has 1 unspecified atom stereocenters. The molecule has 2 N–H and O–H groups in total. The average Bonchev–Trinajstić information content (AvgIpc) is 3.36. The fraction of sp³-hybridized carbons (Fsp3) is 0.150. The third-order valence-electron chi connectivity index (χ3n) is 4.67. The van der Waals surface area contributed by atoms with Crippen LogP contribution < -0.4 is 16.3 Å². The number of aryl methyl sites for hydroxylation is 2. The van der Waals surface area contributed by atoms with Gasteiger partial charge in [0.1, 0.15) is 22.3 Å². The second-order valence-corrected chi connectivity index (χ2v) is 9.34. The number of nitrogen functional groups attached to an aromatic ring is 1. The van der Waals surface area contributed by atoms with Crippen molar-refractivity contribution in [2.75, 3.05) is 5.73 Å². The Bertz CT molecular complexity index is 1330. The fourth-order valence-corrected chi connectivity index (χ4v) is 6.38. The quantitative estimate of drug-likeness (QED) is 0.684. The second-order valence-electron chi connectivity index (χ2n) is 6.33. The van der Waals surface area contributed by atoms with Gasteiger partial charge in [0.05, 0.1) is 11.0 Å². The van der Waals surface area contributed by atoms with E-state index in [1.165, 1.54) is 27.7 Å². The Morgan fingerprint density at radius 2 is 1.86 bits per heavy atom. The number of fused-ring (bicyclic) bond motifs is 1. The molecule has 0 aromatic carbocycles. The summed E-state index contributed by atoms with van der Waals surface area (Å²) in [7, 11) is 0. The smallest absolute Gasteiger partial charge is 0.251 e. The second kappa shape index (κ2) is 6.99. The summed E-state index contributed by atoms with van der Waals surface area (Å²) in [5, 5.41) is 23.8. The highest BCUT2D eigenvalue weighted by atomic mass is 32.2. The molecule has 1 atom stereocenters. The maximum absolute atomic E-state index is 13.4. The monoisotopic (exact) mass is 422 g/mol. The van der Waals surface area contributed by atoms with E-state index in [0.717, 1.165) is 20.9 Å². The highest BCUT2D eigenvalue weighted by molar-refractivity contribution is 8.09. The Balaban J connectivity index is 2.08. The van der Waals surface area contributed by atoms with E-state index < -0.39 is 5.25 Å². The van der Waals surface area contributed by atoms with Crippen LogP contribution in [0.25, 0.3) is 11.0 Å². The molecule has 0 radical (unpaired) electrons. The van der Waals surface area contributed by atoms with Gasteiger partial charge in [0, 0.05) is 15.0 Å². The molecule has 0 bridgehead atoms. The van der Waals surface area contributed by atoms with Crippen LogP contribution in [-0.2, 0) is 0 Å². The minimum absolute atomic E-state index is 0.0905. The molecule has 3 aromatic rings. The minimum atomic E-state index is -0.558. The first-order chi connectivity index (χ1) is 13.5. The van der Waals surface area contributed by atoms with Crippen molar-refractivity contribution in [3.05, 3.63) is 60.0 Å². The zero-order chi connectivity index (χ0) is 20.0. The number of thioether (sulfide) groups is 1. The SMILES string of the molecule is Cc1ccsc1C=c1c(N)c(C#N)n2c1=C(C#N)SC(c1sccc1C)C2=O. The molecule has 4 rings (SSSR count). The standard InChI is InChI=1S/C20H14N4OS3/c1-10-3-5-26-14(10)7-12-16(23)13(8-21)24-17(12)15(9-22)28-19(20(24)25)18-11(2)4-6-27-18/h3-7,19H,23H2,1-2H3. The lowest BCUT2D eigenvalue weighted by molar-refractivity contribution is 0.0906. The molecule has 3 aromatic heterocycles. The van der Waals surface area contributed by atoms with Gasteiger partial charge in [-0.15, -0.1) is 22.7 Å². The van der Waals surface area contributed by atoms with Gasteiger partial charge in [-0.1, -0.05) is 11.8 Å². The molecule has 4 heterocycles. The van der Waals surface area contributed by atoms with Crippen LogP contribution >= 0.6 is 34.4 Å². The number of hydrogen-bond donors (Lipinski definition) is 1. The third kappa shape index (κ3) is 2.70. The first-order valence-electron chi connectivity index (χ1n) is 8.33. The number of anilines is 1. The molecular weight excluding hydrogens is 408 g/mol. The van der Waals surface area contributed by atoms with Gasteiger partial charge >= 0.3 is 0 Å². The van der Waals surface area contributed by atoms with Crippen molar-refractivity contribution < 1.29 is 4.79 Å². The van der Waals surface area contributed by atoms with Crippen molar-refractivity contribution >= 4 is 57.0 Å². The van der Waals surface area contributed by atoms with E-state index in [9.17, 15) is 15.3 Å². The van der Waals surface area contributed by atoms with Crippen LogP contribution in [0.2, 0.25) is 0 Å². The summed E-state index contributed by atoms with van der Waals surface area (Å²) in [6, 6.07) is 8.23. The minimum Gasteiger partial charge on any atom is -0.396 e. The van der Waals surface area contributed by atoms with Crippen molar-refractivity contribution in [3.63, 3.8) is 0 Å². The van der Waals surface area contributed by atoms with Crippen LogP contribution in [0.4, 0.5) is 5.69 Å². The Hall–Kier alpha value is -2.78. The van der Waals surface area contributed by atoms with Crippen molar-refractivity contribution in [2.45, 2.75) is 19.1 Å². The van der Waals surface area contributed by atoms with Crippen molar-refractivity contribution in [1.29, 1.82) is 10.5 Å². The maximum atomic E-state index is 13.4. The third-order valence-corrected chi connectivity index (χ3v) is 8.06. The fourth-order valence-electron chi connectivity index (χ4n) is 3.21. The zero-order valence-electron chi connectivity index (χ0n) is 15.0. The highest BCUT2D eigenvalue weighted by Gasteiger charge is 2.35. The number of nitrogens with zero attached hydrogens (tertiary/aromatic N) is 3. The largest absolute Gasteiger partial charge is 0.396 e. The van der Waals surface area contributed by atoms with E-state index in [4.69, 9.17) is 5.73 Å². The van der Waals surface area contributed by atoms with Gasteiger partial charge in [-0.2, -0.15) is 10.5 Å². The molecule has 28 heavy (non-hydrogen) atoms. The molecule has 0 fully saturated rings. The van der Waals surface area contributed by atoms with Gasteiger partial charge in [0.25, 0.3) is 5.91 Å². The number of hydrogen-bond acceptors (Lipinski definition) is 7. The Kier molecular flexibility index (Phi) is 4.64. The average molecular weight is 423 g/mol. The van der Waals surface area contributed by atoms with E-state index in [0.29, 0.717) is 15.5 Å². The molecule has 0 spiro atoms. The molecule has 0 aliphatic carbocycles. The van der Waals surface area contributed by atoms with E-state index in [1.807, 2.05) is 42.8 Å². The summed E-state index contributed by atoms with van der Waals surface area (Å²) in [6.45, 7) is 3.92. The summed E-state index contributed by atoms with van der Waals surface area (Å²) >= 11 is 4.26. The van der Waals surface area contributed by atoms with Crippen LogP contribution in [-0.4, -0.2) is 10.5 Å². The Morgan fingerprint density at radius 3 is 2.43 bits per heavy atom. The molecule has 8 heteroatoms. The summed E-state index contributed by atoms with van der Waals surface area (Å²) in [5.41, 5.74) is 8.67. The zero-order valence-corrected chi connectivity index (χ0v) is 17.5. The summed E-state index contributed by atoms with van der Waals surface area (Å²) in [4.78, 5) is 15.6. The summed E-state index contributed by atoms with van der Waals surface area (Å²) in [5.74, 6) is -0.240. The van der Waals surface area contributed by atoms with Crippen molar-refractivity contribution in [2.24, 2.45) is 0 Å². The normalized spacial score (nSPS) is 16.7. The predicted octanol–water partition coefficient (Wildman–Crippen LogP) is 3.27. The maximum Gasteiger partial charge on any atom is 0.251 e. The van der Waals surface area contributed by atoms with Gasteiger partial charge in [0.15, 0.2) is 5.69 Å². The number of carbonyl (C=O) groups excluding carboxylic acids is 1. The van der Waals surface area contributed by atoms with E-state index >= 15 is 0 Å². The molecule has 138 valence electrons. The summed E-state index contributed by atoms with van der Waals surface area (Å²) in [6.07, 6.45) is 1.86. The van der Waals surface area contributed by atoms with Crippen molar-refractivity contribution in [1.82, 2.24) is 4.57 Å². The van der Waals surface area contributed by atoms with E-state index in [2.05, 4.69) is 12.1 Å². The first kappa shape index (κ1) is 18.6. The number of aromatic nitrogens is 1. The number of nitriles is 2. The lowest BCUT2D eigenvalue weighted by Crippen LogP contribution is -2.40. The lowest BCUT2D eigenvalue weighted by atomic mass is 10.2. The van der Waals surface area contributed by atoms with Gasteiger partial charge in [-0.3, -0.25) is 9.36 Å². The van der Waals surface area contributed by atoms with Crippen LogP contribution in [0.15, 0.2) is 22.9 Å². The number of rotatable bonds is 2. The highest BCUT2D eigenvalue weighted by Crippen LogP contribution is 2.42. The molecular formula is C20H14N4OS3. The van der Waals surface area contributed by atoms with Gasteiger partial charge in [-0.05, 0) is 53.9 Å². The van der Waals surface area contributed by atoms with Crippen LogP contribution in [0.1, 0.15) is 36.6 Å². The molecule has 5 nitrogen and oxygen atoms in total. The molecule has 0 saturated heterocycles. The van der Waals surface area contributed by atoms with Crippen LogP contribution in [0, 0.1) is 36.5 Å².